The maximum atomic E-state index is 10.9. The molecule has 0 saturated carbocycles. The Hall–Kier alpha value is -3.04. The molecule has 0 amide bonds. The second-order valence-electron chi connectivity index (χ2n) is 4.41. The van der Waals surface area contributed by atoms with Gasteiger partial charge in [-0.1, -0.05) is 30.3 Å². The van der Waals surface area contributed by atoms with Crippen molar-refractivity contribution in [2.45, 2.75) is 0 Å². The molecule has 0 aliphatic rings. The van der Waals surface area contributed by atoms with E-state index in [0.29, 0.717) is 10.7 Å². The third-order valence-electron chi connectivity index (χ3n) is 3.02. The molecule has 0 aliphatic carbocycles. The van der Waals surface area contributed by atoms with Crippen molar-refractivity contribution < 1.29 is 9.90 Å². The Morgan fingerprint density at radius 3 is 2.59 bits per heavy atom. The number of hydrogen-bond donors (Lipinski definition) is 1. The third kappa shape index (κ3) is 2.57. The van der Waals surface area contributed by atoms with Gasteiger partial charge >= 0.3 is 5.97 Å². The molecule has 0 fully saturated rings. The lowest BCUT2D eigenvalue weighted by atomic mass is 10.0. The third-order valence-corrected chi connectivity index (χ3v) is 4.03. The fraction of sp³-hybridized carbons (Fsp3) is 0. The monoisotopic (exact) mass is 307 g/mol. The molecule has 1 N–H and O–H groups in total. The van der Waals surface area contributed by atoms with E-state index in [0.717, 1.165) is 22.5 Å². The number of nitriles is 1. The smallest absolute Gasteiger partial charge is 0.347 e. The highest BCUT2D eigenvalue weighted by Crippen LogP contribution is 2.28. The van der Waals surface area contributed by atoms with Crippen LogP contribution in [0.25, 0.3) is 21.8 Å². The van der Waals surface area contributed by atoms with Crippen LogP contribution in [-0.2, 0) is 0 Å². The number of nitrogens with zero attached hydrogens (tertiary/aromatic N) is 3. The first-order valence-corrected chi connectivity index (χ1v) is 7.17. The summed E-state index contributed by atoms with van der Waals surface area (Å²) in [6.07, 6.45) is 1.29. The van der Waals surface area contributed by atoms with Gasteiger partial charge in [0.2, 0.25) is 0 Å². The van der Waals surface area contributed by atoms with E-state index in [1.165, 1.54) is 6.20 Å². The van der Waals surface area contributed by atoms with E-state index in [1.807, 2.05) is 30.3 Å². The summed E-state index contributed by atoms with van der Waals surface area (Å²) < 4.78 is 0. The van der Waals surface area contributed by atoms with Crippen molar-refractivity contribution in [1.82, 2.24) is 9.97 Å². The molecule has 3 rings (SSSR count). The van der Waals surface area contributed by atoms with Gasteiger partial charge < -0.3 is 5.11 Å². The van der Waals surface area contributed by atoms with Gasteiger partial charge in [-0.05, 0) is 17.7 Å². The van der Waals surface area contributed by atoms with Crippen LogP contribution in [0.15, 0.2) is 48.7 Å². The van der Waals surface area contributed by atoms with Crippen LogP contribution in [0.3, 0.4) is 0 Å². The number of thiazole rings is 1. The van der Waals surface area contributed by atoms with Crippen molar-refractivity contribution in [3.63, 3.8) is 0 Å². The molecule has 0 unspecified atom stereocenters. The zero-order valence-corrected chi connectivity index (χ0v) is 12.0. The first-order chi connectivity index (χ1) is 10.7. The van der Waals surface area contributed by atoms with Gasteiger partial charge in [0.05, 0.1) is 6.20 Å². The van der Waals surface area contributed by atoms with Crippen molar-refractivity contribution in [2.75, 3.05) is 0 Å². The van der Waals surface area contributed by atoms with E-state index < -0.39 is 5.97 Å². The summed E-state index contributed by atoms with van der Waals surface area (Å²) in [6, 6.07) is 15.1. The number of rotatable bonds is 3. The van der Waals surface area contributed by atoms with E-state index in [4.69, 9.17) is 5.11 Å². The van der Waals surface area contributed by atoms with Crippen LogP contribution in [0.4, 0.5) is 0 Å². The van der Waals surface area contributed by atoms with Gasteiger partial charge in [0.25, 0.3) is 0 Å². The van der Waals surface area contributed by atoms with Gasteiger partial charge in [-0.25, -0.2) is 14.8 Å². The lowest BCUT2D eigenvalue weighted by molar-refractivity contribution is 0.0702. The first kappa shape index (κ1) is 13.9. The second-order valence-corrected chi connectivity index (χ2v) is 5.44. The summed E-state index contributed by atoms with van der Waals surface area (Å²) >= 11 is 1.03. The standard InChI is InChI=1S/C16H9N3O2S/c17-8-13-11(10-4-2-1-3-5-10)6-7-12(19-13)15-18-9-14(22-15)16(20)21/h1-7,9H,(H,20,21). The molecule has 106 valence electrons. The van der Waals surface area contributed by atoms with Crippen LogP contribution in [0.1, 0.15) is 15.4 Å². The average Bonchev–Trinajstić information content (AvgIpc) is 3.05. The number of pyridine rings is 1. The summed E-state index contributed by atoms with van der Waals surface area (Å²) in [5.41, 5.74) is 2.43. The topological polar surface area (TPSA) is 86.9 Å². The average molecular weight is 307 g/mol. The Bertz CT molecular complexity index is 882. The molecule has 0 saturated heterocycles. The number of carbonyl (C=O) groups is 1. The quantitative estimate of drug-likeness (QED) is 0.801. The molecule has 0 aliphatic heterocycles. The minimum absolute atomic E-state index is 0.141. The van der Waals surface area contributed by atoms with Crippen LogP contribution in [0.5, 0.6) is 0 Å². The maximum Gasteiger partial charge on any atom is 0.347 e. The van der Waals surface area contributed by atoms with Crippen LogP contribution in [-0.4, -0.2) is 21.0 Å². The Morgan fingerprint density at radius 2 is 1.95 bits per heavy atom. The molecular formula is C16H9N3O2S. The number of hydrogen-bond acceptors (Lipinski definition) is 5. The summed E-state index contributed by atoms with van der Waals surface area (Å²) in [4.78, 5) is 19.4. The van der Waals surface area contributed by atoms with Crippen molar-refractivity contribution in [3.05, 3.63) is 59.2 Å². The van der Waals surface area contributed by atoms with Gasteiger partial charge in [-0.3, -0.25) is 0 Å². The molecule has 1 aromatic carbocycles. The predicted octanol–water partition coefficient (Wildman–Crippen LogP) is 3.44. The van der Waals surface area contributed by atoms with Gasteiger partial charge in [0.15, 0.2) is 0 Å². The second kappa shape index (κ2) is 5.76. The summed E-state index contributed by atoms with van der Waals surface area (Å²) in [6.45, 7) is 0. The van der Waals surface area contributed by atoms with Gasteiger partial charge in [-0.15, -0.1) is 11.3 Å². The molecule has 0 bridgehead atoms. The SMILES string of the molecule is N#Cc1nc(-c2ncc(C(=O)O)s2)ccc1-c1ccccc1. The molecule has 0 spiro atoms. The molecule has 2 aromatic heterocycles. The summed E-state index contributed by atoms with van der Waals surface area (Å²) in [5.74, 6) is -1.02. The van der Waals surface area contributed by atoms with Crippen molar-refractivity contribution in [3.8, 4) is 27.9 Å². The van der Waals surface area contributed by atoms with E-state index in [9.17, 15) is 10.1 Å². The Balaban J connectivity index is 2.05. The minimum Gasteiger partial charge on any atom is -0.477 e. The summed E-state index contributed by atoms with van der Waals surface area (Å²) in [5, 5.41) is 18.7. The van der Waals surface area contributed by atoms with E-state index in [1.54, 1.807) is 12.1 Å². The van der Waals surface area contributed by atoms with Crippen molar-refractivity contribution in [1.29, 1.82) is 5.26 Å². The fourth-order valence-electron chi connectivity index (χ4n) is 2.01. The minimum atomic E-state index is -1.02. The molecule has 0 atom stereocenters. The van der Waals surface area contributed by atoms with Crippen LogP contribution >= 0.6 is 11.3 Å². The molecule has 6 heteroatoms. The largest absolute Gasteiger partial charge is 0.477 e. The number of carboxylic acid groups (broad SMARTS) is 1. The van der Waals surface area contributed by atoms with Gasteiger partial charge in [0, 0.05) is 5.56 Å². The lowest BCUT2D eigenvalue weighted by Gasteiger charge is -2.04. The Morgan fingerprint density at radius 1 is 1.18 bits per heavy atom. The van der Waals surface area contributed by atoms with E-state index >= 15 is 0 Å². The van der Waals surface area contributed by atoms with Gasteiger partial charge in [-0.2, -0.15) is 5.26 Å². The van der Waals surface area contributed by atoms with Crippen LogP contribution in [0.2, 0.25) is 0 Å². The number of benzene rings is 1. The van der Waals surface area contributed by atoms with Gasteiger partial charge in [0.1, 0.15) is 27.3 Å². The number of carboxylic acids is 1. The molecule has 5 nitrogen and oxygen atoms in total. The lowest BCUT2D eigenvalue weighted by Crippen LogP contribution is -1.92. The molecule has 2 heterocycles. The zero-order valence-electron chi connectivity index (χ0n) is 11.2. The van der Waals surface area contributed by atoms with Crippen LogP contribution < -0.4 is 0 Å². The number of aromatic carboxylic acids is 1. The van der Waals surface area contributed by atoms with Crippen molar-refractivity contribution in [2.24, 2.45) is 0 Å². The van der Waals surface area contributed by atoms with E-state index in [2.05, 4.69) is 16.0 Å². The normalized spacial score (nSPS) is 10.1. The molecular weight excluding hydrogens is 298 g/mol. The number of aromatic nitrogens is 2. The Labute approximate surface area is 130 Å². The Kier molecular flexibility index (Phi) is 3.64. The molecule has 22 heavy (non-hydrogen) atoms. The fourth-order valence-corrected chi connectivity index (χ4v) is 2.73. The molecule has 3 aromatic rings. The molecule has 0 radical (unpaired) electrons. The van der Waals surface area contributed by atoms with Crippen molar-refractivity contribution >= 4 is 17.3 Å². The van der Waals surface area contributed by atoms with Crippen LogP contribution in [0, 0.1) is 11.3 Å². The highest BCUT2D eigenvalue weighted by Gasteiger charge is 2.13. The highest BCUT2D eigenvalue weighted by atomic mass is 32.1. The first-order valence-electron chi connectivity index (χ1n) is 6.35. The maximum absolute atomic E-state index is 10.9. The van der Waals surface area contributed by atoms with E-state index in [-0.39, 0.29) is 10.6 Å². The predicted molar refractivity (Wildman–Crippen MR) is 82.5 cm³/mol. The summed E-state index contributed by atoms with van der Waals surface area (Å²) in [7, 11) is 0. The zero-order chi connectivity index (χ0) is 15.5. The highest BCUT2D eigenvalue weighted by molar-refractivity contribution is 7.16.